The number of hydrogen-bond acceptors (Lipinski definition) is 6. The van der Waals surface area contributed by atoms with Crippen LogP contribution in [0.5, 0.6) is 0 Å². The lowest BCUT2D eigenvalue weighted by Crippen LogP contribution is -2.41. The van der Waals surface area contributed by atoms with E-state index >= 15 is 0 Å². The van der Waals surface area contributed by atoms with Crippen LogP contribution in [0.1, 0.15) is 49.9 Å². The number of amides is 1. The van der Waals surface area contributed by atoms with Crippen molar-refractivity contribution in [3.05, 3.63) is 36.2 Å². The zero-order valence-corrected chi connectivity index (χ0v) is 15.9. The zero-order valence-electron chi connectivity index (χ0n) is 15.9. The first-order valence-electron chi connectivity index (χ1n) is 9.27. The van der Waals surface area contributed by atoms with Gasteiger partial charge in [0.05, 0.1) is 5.69 Å². The van der Waals surface area contributed by atoms with E-state index in [4.69, 9.17) is 0 Å². The molecule has 0 spiro atoms. The summed E-state index contributed by atoms with van der Waals surface area (Å²) in [6.07, 6.45) is 7.41. The third kappa shape index (κ3) is 3.67. The van der Waals surface area contributed by atoms with E-state index in [1.165, 1.54) is 4.52 Å². The zero-order chi connectivity index (χ0) is 19.0. The Kier molecular flexibility index (Phi) is 4.37. The van der Waals surface area contributed by atoms with Gasteiger partial charge >= 0.3 is 0 Å². The average molecular weight is 368 g/mol. The summed E-state index contributed by atoms with van der Waals surface area (Å²) < 4.78 is 3.42. The molecular formula is C18H24N8O. The van der Waals surface area contributed by atoms with E-state index in [0.29, 0.717) is 18.2 Å². The smallest absolute Gasteiger partial charge is 0.293 e. The summed E-state index contributed by atoms with van der Waals surface area (Å²) in [6, 6.07) is 1.76. The number of fused-ring (bicyclic) bond motifs is 1. The van der Waals surface area contributed by atoms with Crippen LogP contribution >= 0.6 is 0 Å². The Morgan fingerprint density at radius 3 is 2.93 bits per heavy atom. The topological polar surface area (TPSA) is 94.1 Å². The predicted octanol–water partition coefficient (Wildman–Crippen LogP) is 1.57. The average Bonchev–Trinajstić information content (AvgIpc) is 3.27. The normalized spacial score (nSPS) is 18.2. The van der Waals surface area contributed by atoms with Crippen molar-refractivity contribution in [3.8, 4) is 0 Å². The Morgan fingerprint density at radius 1 is 1.33 bits per heavy atom. The minimum Gasteiger partial charge on any atom is -0.336 e. The van der Waals surface area contributed by atoms with E-state index < -0.39 is 0 Å². The highest BCUT2D eigenvalue weighted by Gasteiger charge is 2.28. The van der Waals surface area contributed by atoms with Crippen LogP contribution in [0, 0.1) is 5.92 Å². The molecule has 142 valence electrons. The van der Waals surface area contributed by atoms with Gasteiger partial charge in [0.25, 0.3) is 11.7 Å². The molecule has 9 heteroatoms. The van der Waals surface area contributed by atoms with Gasteiger partial charge in [-0.3, -0.25) is 9.48 Å². The second-order valence-corrected chi connectivity index (χ2v) is 8.13. The van der Waals surface area contributed by atoms with Crippen LogP contribution in [-0.2, 0) is 12.0 Å². The highest BCUT2D eigenvalue weighted by molar-refractivity contribution is 5.90. The number of nitrogens with zero attached hydrogens (tertiary/aromatic N) is 8. The Morgan fingerprint density at radius 2 is 2.19 bits per heavy atom. The first-order chi connectivity index (χ1) is 12.9. The van der Waals surface area contributed by atoms with Crippen LogP contribution < -0.4 is 0 Å². The van der Waals surface area contributed by atoms with E-state index in [1.807, 2.05) is 15.8 Å². The number of carbonyl (C=O) groups is 1. The van der Waals surface area contributed by atoms with Gasteiger partial charge in [-0.1, -0.05) is 26.0 Å². The van der Waals surface area contributed by atoms with E-state index in [1.54, 1.807) is 18.5 Å². The molecule has 1 amide bonds. The van der Waals surface area contributed by atoms with Crippen molar-refractivity contribution >= 4 is 11.7 Å². The van der Waals surface area contributed by atoms with Crippen molar-refractivity contribution in [1.29, 1.82) is 0 Å². The fourth-order valence-electron chi connectivity index (χ4n) is 3.36. The summed E-state index contributed by atoms with van der Waals surface area (Å²) in [5, 5.41) is 12.8. The maximum Gasteiger partial charge on any atom is 0.293 e. The molecule has 3 aromatic rings. The minimum atomic E-state index is -0.140. The third-order valence-electron chi connectivity index (χ3n) is 4.87. The van der Waals surface area contributed by atoms with Crippen molar-refractivity contribution in [1.82, 2.24) is 39.5 Å². The lowest BCUT2D eigenvalue weighted by atomic mass is 9.93. The fourth-order valence-corrected chi connectivity index (χ4v) is 3.36. The third-order valence-corrected chi connectivity index (χ3v) is 4.87. The molecule has 4 heterocycles. The maximum absolute atomic E-state index is 12.8. The van der Waals surface area contributed by atoms with Crippen LogP contribution in [0.15, 0.2) is 24.7 Å². The second kappa shape index (κ2) is 6.71. The molecule has 0 bridgehead atoms. The molecule has 0 saturated carbocycles. The molecule has 9 nitrogen and oxygen atoms in total. The van der Waals surface area contributed by atoms with Gasteiger partial charge in [-0.2, -0.15) is 4.98 Å². The molecule has 1 fully saturated rings. The van der Waals surface area contributed by atoms with Crippen LogP contribution in [-0.4, -0.2) is 58.5 Å². The summed E-state index contributed by atoms with van der Waals surface area (Å²) >= 11 is 0. The summed E-state index contributed by atoms with van der Waals surface area (Å²) in [7, 11) is 0. The molecule has 1 saturated heterocycles. The van der Waals surface area contributed by atoms with Gasteiger partial charge in [0.15, 0.2) is 0 Å². The van der Waals surface area contributed by atoms with E-state index in [2.05, 4.69) is 46.1 Å². The SMILES string of the molecule is CC(C)(C)c1cn(C[C@H]2CCCN(C(=O)c3nc4ncccn4n3)C2)nn1. The fraction of sp³-hybridized carbons (Fsp3) is 0.556. The largest absolute Gasteiger partial charge is 0.336 e. The molecule has 1 aliphatic heterocycles. The summed E-state index contributed by atoms with van der Waals surface area (Å²) in [5.41, 5.74) is 0.961. The van der Waals surface area contributed by atoms with Crippen LogP contribution in [0.2, 0.25) is 0 Å². The first kappa shape index (κ1) is 17.6. The molecule has 1 aliphatic rings. The van der Waals surface area contributed by atoms with Gasteiger partial charge in [0.2, 0.25) is 5.82 Å². The Balaban J connectivity index is 1.44. The minimum absolute atomic E-state index is 0.0182. The van der Waals surface area contributed by atoms with Crippen molar-refractivity contribution in [2.75, 3.05) is 13.1 Å². The lowest BCUT2D eigenvalue weighted by Gasteiger charge is -2.31. The molecule has 1 atom stereocenters. The molecule has 0 aromatic carbocycles. The molecule has 0 aliphatic carbocycles. The number of hydrogen-bond donors (Lipinski definition) is 0. The summed E-state index contributed by atoms with van der Waals surface area (Å²) in [4.78, 5) is 23.0. The molecular weight excluding hydrogens is 344 g/mol. The van der Waals surface area contributed by atoms with Gasteiger partial charge in [-0.15, -0.1) is 10.2 Å². The van der Waals surface area contributed by atoms with Crippen LogP contribution in [0.25, 0.3) is 5.78 Å². The van der Waals surface area contributed by atoms with E-state index in [-0.39, 0.29) is 17.1 Å². The monoisotopic (exact) mass is 368 g/mol. The standard InChI is InChI=1S/C18H24N8O/c1-18(2,3)14-12-25(23-21-14)11-13-6-4-8-24(10-13)16(27)15-20-17-19-7-5-9-26(17)22-15/h5,7,9,12-13H,4,6,8,10-11H2,1-3H3/t13-/m0/s1. The molecule has 0 radical (unpaired) electrons. The van der Waals surface area contributed by atoms with Gasteiger partial charge in [0.1, 0.15) is 0 Å². The number of likely N-dealkylation sites (tertiary alicyclic amines) is 1. The maximum atomic E-state index is 12.8. The Labute approximate surface area is 157 Å². The summed E-state index contributed by atoms with van der Waals surface area (Å²) in [6.45, 7) is 8.53. The highest BCUT2D eigenvalue weighted by Crippen LogP contribution is 2.22. The van der Waals surface area contributed by atoms with Gasteiger partial charge in [0, 0.05) is 43.6 Å². The van der Waals surface area contributed by atoms with Crippen molar-refractivity contribution in [2.24, 2.45) is 5.92 Å². The van der Waals surface area contributed by atoms with E-state index in [0.717, 1.165) is 31.6 Å². The van der Waals surface area contributed by atoms with Crippen molar-refractivity contribution < 1.29 is 4.79 Å². The van der Waals surface area contributed by atoms with Crippen molar-refractivity contribution in [2.45, 2.75) is 45.6 Å². The lowest BCUT2D eigenvalue weighted by molar-refractivity contribution is 0.0647. The number of carbonyl (C=O) groups excluding carboxylic acids is 1. The first-order valence-corrected chi connectivity index (χ1v) is 9.27. The highest BCUT2D eigenvalue weighted by atomic mass is 16.2. The summed E-state index contributed by atoms with van der Waals surface area (Å²) in [5.74, 6) is 0.836. The number of aromatic nitrogens is 7. The molecule has 4 rings (SSSR count). The molecule has 3 aromatic heterocycles. The van der Waals surface area contributed by atoms with Gasteiger partial charge in [-0.25, -0.2) is 9.50 Å². The predicted molar refractivity (Wildman–Crippen MR) is 98.1 cm³/mol. The van der Waals surface area contributed by atoms with Crippen LogP contribution in [0.3, 0.4) is 0 Å². The molecule has 27 heavy (non-hydrogen) atoms. The molecule has 0 N–H and O–H groups in total. The van der Waals surface area contributed by atoms with Crippen LogP contribution in [0.4, 0.5) is 0 Å². The van der Waals surface area contributed by atoms with E-state index in [9.17, 15) is 4.79 Å². The Hall–Kier alpha value is -2.84. The Bertz CT molecular complexity index is 921. The van der Waals surface area contributed by atoms with Crippen molar-refractivity contribution in [3.63, 3.8) is 0 Å². The van der Waals surface area contributed by atoms with Gasteiger partial charge < -0.3 is 4.90 Å². The van der Waals surface area contributed by atoms with Gasteiger partial charge in [-0.05, 0) is 24.8 Å². The second-order valence-electron chi connectivity index (χ2n) is 8.13. The quantitative estimate of drug-likeness (QED) is 0.696. The molecule has 0 unspecified atom stereocenters. The number of piperidine rings is 1. The number of rotatable bonds is 3.